The van der Waals surface area contributed by atoms with Crippen LogP contribution < -0.4 is 0 Å². The standard InChI is InChI=1S/C8H5ClF3NO2/c9-6-3(1-5(14)15)7(8(11)12)13-2-4(6)10/h2,8H,1H2,(H,14,15). The fourth-order valence-corrected chi connectivity index (χ4v) is 1.24. The van der Waals surface area contributed by atoms with E-state index in [4.69, 9.17) is 16.7 Å². The van der Waals surface area contributed by atoms with Crippen molar-refractivity contribution in [2.24, 2.45) is 0 Å². The Hall–Kier alpha value is -1.30. The molecule has 1 N–H and O–H groups in total. The number of halogens is 4. The van der Waals surface area contributed by atoms with Crippen LogP contribution in [-0.2, 0) is 11.2 Å². The molecule has 0 saturated heterocycles. The van der Waals surface area contributed by atoms with Crippen LogP contribution in [0, 0.1) is 5.82 Å². The second kappa shape index (κ2) is 4.48. The fraction of sp³-hybridized carbons (Fsp3) is 0.250. The summed E-state index contributed by atoms with van der Waals surface area (Å²) < 4.78 is 37.5. The fourth-order valence-electron chi connectivity index (χ4n) is 1.02. The van der Waals surface area contributed by atoms with Crippen LogP contribution in [0.15, 0.2) is 6.20 Å². The number of aliphatic carboxylic acids is 1. The van der Waals surface area contributed by atoms with Gasteiger partial charge in [-0.2, -0.15) is 0 Å². The minimum Gasteiger partial charge on any atom is -0.481 e. The molecule has 1 rings (SSSR count). The van der Waals surface area contributed by atoms with E-state index < -0.39 is 40.9 Å². The number of aromatic nitrogens is 1. The molecule has 0 amide bonds. The minimum atomic E-state index is -2.99. The Kier molecular flexibility index (Phi) is 3.52. The van der Waals surface area contributed by atoms with Gasteiger partial charge in [-0.1, -0.05) is 11.6 Å². The molecule has 0 fully saturated rings. The van der Waals surface area contributed by atoms with E-state index in [1.165, 1.54) is 0 Å². The summed E-state index contributed by atoms with van der Waals surface area (Å²) >= 11 is 5.37. The average Bonchev–Trinajstić information content (AvgIpc) is 2.12. The van der Waals surface area contributed by atoms with Gasteiger partial charge < -0.3 is 5.11 Å². The summed E-state index contributed by atoms with van der Waals surface area (Å²) in [6, 6.07) is 0. The molecular formula is C8H5ClF3NO2. The molecule has 0 bridgehead atoms. The first kappa shape index (κ1) is 11.8. The first-order valence-corrected chi connectivity index (χ1v) is 4.14. The van der Waals surface area contributed by atoms with E-state index in [-0.39, 0.29) is 0 Å². The molecule has 7 heteroatoms. The second-order valence-electron chi connectivity index (χ2n) is 2.66. The quantitative estimate of drug-likeness (QED) is 0.881. The first-order chi connectivity index (χ1) is 6.93. The van der Waals surface area contributed by atoms with E-state index in [0.717, 1.165) is 0 Å². The number of carboxylic acids is 1. The molecule has 1 heterocycles. The molecule has 0 aliphatic heterocycles. The lowest BCUT2D eigenvalue weighted by Gasteiger charge is -2.08. The highest BCUT2D eigenvalue weighted by Gasteiger charge is 2.21. The van der Waals surface area contributed by atoms with Crippen LogP contribution in [0.1, 0.15) is 17.7 Å². The molecule has 3 nitrogen and oxygen atoms in total. The van der Waals surface area contributed by atoms with Crippen molar-refractivity contribution in [1.82, 2.24) is 4.98 Å². The number of alkyl halides is 2. The largest absolute Gasteiger partial charge is 0.481 e. The first-order valence-electron chi connectivity index (χ1n) is 3.76. The lowest BCUT2D eigenvalue weighted by Crippen LogP contribution is -2.08. The van der Waals surface area contributed by atoms with Crippen LogP contribution in [0.25, 0.3) is 0 Å². The highest BCUT2D eigenvalue weighted by molar-refractivity contribution is 6.31. The van der Waals surface area contributed by atoms with Gasteiger partial charge in [-0.25, -0.2) is 13.2 Å². The molecule has 0 unspecified atom stereocenters. The van der Waals surface area contributed by atoms with E-state index >= 15 is 0 Å². The summed E-state index contributed by atoms with van der Waals surface area (Å²) in [5, 5.41) is 7.81. The Bertz CT molecular complexity index is 398. The Labute approximate surface area is 87.5 Å². The van der Waals surface area contributed by atoms with Crippen LogP contribution in [0.5, 0.6) is 0 Å². The second-order valence-corrected chi connectivity index (χ2v) is 3.03. The maximum atomic E-state index is 12.8. The highest BCUT2D eigenvalue weighted by Crippen LogP contribution is 2.28. The van der Waals surface area contributed by atoms with Gasteiger partial charge in [0.15, 0.2) is 5.82 Å². The third-order valence-electron chi connectivity index (χ3n) is 1.64. The van der Waals surface area contributed by atoms with E-state index in [1.54, 1.807) is 0 Å². The van der Waals surface area contributed by atoms with Gasteiger partial charge in [0.25, 0.3) is 6.43 Å². The number of carboxylic acid groups (broad SMARTS) is 1. The van der Waals surface area contributed by atoms with Crippen LogP contribution >= 0.6 is 11.6 Å². The summed E-state index contributed by atoms with van der Waals surface area (Å²) in [5.74, 6) is -2.40. The predicted octanol–water partition coefficient (Wildman–Crippen LogP) is 2.44. The van der Waals surface area contributed by atoms with Crippen molar-refractivity contribution in [3.05, 3.63) is 28.3 Å². The Morgan fingerprint density at radius 1 is 1.60 bits per heavy atom. The van der Waals surface area contributed by atoms with Crippen molar-refractivity contribution >= 4 is 17.6 Å². The number of carbonyl (C=O) groups is 1. The summed E-state index contributed by atoms with van der Waals surface area (Å²) in [5.41, 5.74) is -1.29. The minimum absolute atomic E-state index is 0.487. The maximum absolute atomic E-state index is 12.8. The molecular weight excluding hydrogens is 235 g/mol. The number of nitrogens with zero attached hydrogens (tertiary/aromatic N) is 1. The Morgan fingerprint density at radius 2 is 2.20 bits per heavy atom. The van der Waals surface area contributed by atoms with Gasteiger partial charge in [0.1, 0.15) is 5.69 Å². The zero-order valence-corrected chi connectivity index (χ0v) is 7.93. The van der Waals surface area contributed by atoms with Crippen LogP contribution in [0.2, 0.25) is 5.02 Å². The molecule has 0 aliphatic carbocycles. The maximum Gasteiger partial charge on any atom is 0.307 e. The van der Waals surface area contributed by atoms with Crippen LogP contribution in [-0.4, -0.2) is 16.1 Å². The predicted molar refractivity (Wildman–Crippen MR) is 45.5 cm³/mol. The Balaban J connectivity index is 3.28. The molecule has 82 valence electrons. The molecule has 0 atom stereocenters. The van der Waals surface area contributed by atoms with Crippen molar-refractivity contribution in [2.75, 3.05) is 0 Å². The van der Waals surface area contributed by atoms with Gasteiger partial charge >= 0.3 is 5.97 Å². The van der Waals surface area contributed by atoms with Crippen molar-refractivity contribution in [3.8, 4) is 0 Å². The number of rotatable bonds is 3. The average molecular weight is 240 g/mol. The topological polar surface area (TPSA) is 50.2 Å². The number of hydrogen-bond donors (Lipinski definition) is 1. The lowest BCUT2D eigenvalue weighted by molar-refractivity contribution is -0.136. The summed E-state index contributed by atoms with van der Waals surface area (Å²) in [4.78, 5) is 13.5. The van der Waals surface area contributed by atoms with E-state index in [9.17, 15) is 18.0 Å². The van der Waals surface area contributed by atoms with Gasteiger partial charge in [0, 0.05) is 5.56 Å². The molecule has 0 spiro atoms. The lowest BCUT2D eigenvalue weighted by atomic mass is 10.1. The zero-order valence-electron chi connectivity index (χ0n) is 7.18. The van der Waals surface area contributed by atoms with E-state index in [1.807, 2.05) is 0 Å². The summed E-state index contributed by atoms with van der Waals surface area (Å²) in [6.07, 6.45) is -3.24. The smallest absolute Gasteiger partial charge is 0.307 e. The van der Waals surface area contributed by atoms with Gasteiger partial charge in [0.2, 0.25) is 0 Å². The summed E-state index contributed by atoms with van der Waals surface area (Å²) in [6.45, 7) is 0. The Morgan fingerprint density at radius 3 is 2.67 bits per heavy atom. The van der Waals surface area contributed by atoms with Crippen molar-refractivity contribution in [2.45, 2.75) is 12.8 Å². The third kappa shape index (κ3) is 2.59. The molecule has 0 aromatic carbocycles. The van der Waals surface area contributed by atoms with E-state index in [2.05, 4.69) is 4.98 Å². The highest BCUT2D eigenvalue weighted by atomic mass is 35.5. The molecule has 0 aliphatic rings. The molecule has 15 heavy (non-hydrogen) atoms. The molecule has 1 aromatic heterocycles. The zero-order chi connectivity index (χ0) is 11.6. The number of hydrogen-bond acceptors (Lipinski definition) is 2. The van der Waals surface area contributed by atoms with E-state index in [0.29, 0.717) is 6.20 Å². The molecule has 1 aromatic rings. The normalized spacial score (nSPS) is 10.7. The molecule has 0 radical (unpaired) electrons. The van der Waals surface area contributed by atoms with Crippen molar-refractivity contribution in [3.63, 3.8) is 0 Å². The number of pyridine rings is 1. The molecule has 0 saturated carbocycles. The summed E-state index contributed by atoms with van der Waals surface area (Å²) in [7, 11) is 0. The van der Waals surface area contributed by atoms with Gasteiger partial charge in [0.05, 0.1) is 17.6 Å². The monoisotopic (exact) mass is 239 g/mol. The van der Waals surface area contributed by atoms with Crippen LogP contribution in [0.4, 0.5) is 13.2 Å². The van der Waals surface area contributed by atoms with Gasteiger partial charge in [-0.05, 0) is 0 Å². The van der Waals surface area contributed by atoms with Crippen molar-refractivity contribution in [1.29, 1.82) is 0 Å². The van der Waals surface area contributed by atoms with Gasteiger partial charge in [-0.15, -0.1) is 0 Å². The van der Waals surface area contributed by atoms with Crippen molar-refractivity contribution < 1.29 is 23.1 Å². The third-order valence-corrected chi connectivity index (χ3v) is 2.04. The van der Waals surface area contributed by atoms with Gasteiger partial charge in [-0.3, -0.25) is 9.78 Å². The SMILES string of the molecule is O=C(O)Cc1c(C(F)F)ncc(F)c1Cl. The van der Waals surface area contributed by atoms with Crippen LogP contribution in [0.3, 0.4) is 0 Å².